The van der Waals surface area contributed by atoms with Crippen molar-refractivity contribution in [3.05, 3.63) is 97.5 Å². The predicted molar refractivity (Wildman–Crippen MR) is 188 cm³/mol. The first-order valence-corrected chi connectivity index (χ1v) is 15.9. The first kappa shape index (κ1) is 34.5. The van der Waals surface area contributed by atoms with Crippen LogP contribution in [-0.2, 0) is 4.79 Å². The normalized spacial score (nSPS) is 11.0. The Labute approximate surface area is 296 Å². The predicted octanol–water partition coefficient (Wildman–Crippen LogP) is 7.95. The van der Waals surface area contributed by atoms with Gasteiger partial charge in [0.15, 0.2) is 17.2 Å². The van der Waals surface area contributed by atoms with E-state index >= 15 is 0 Å². The lowest BCUT2D eigenvalue weighted by molar-refractivity contribution is -0.132. The van der Waals surface area contributed by atoms with Crippen LogP contribution in [0.15, 0.2) is 80.8 Å². The maximum Gasteiger partial charge on any atom is 0.343 e. The monoisotopic (exact) mass is 797 g/mol. The molecule has 0 spiro atoms. The zero-order chi connectivity index (χ0) is 34.5. The molecule has 48 heavy (non-hydrogen) atoms. The standard InChI is InChI=1S/C34H26Br2ClN3O8/c1-17(41)47-24-10-9-18(14-27(24)46-4)34(43)48-32-19(13-20(35)15-22(32)36)16-38-40-33(42)31-28(21-7-5-6-8-23(21)37)29-25(44-2)11-12-26(45-3)30(29)39-31/h5-16,39H,1-4H3,(H,40,42). The zero-order valence-electron chi connectivity index (χ0n) is 25.8. The van der Waals surface area contributed by atoms with Crippen molar-refractivity contribution in [3.8, 4) is 39.9 Å². The van der Waals surface area contributed by atoms with Crippen molar-refractivity contribution in [2.75, 3.05) is 21.3 Å². The molecule has 11 nitrogen and oxygen atoms in total. The molecule has 0 saturated heterocycles. The molecule has 4 aromatic carbocycles. The van der Waals surface area contributed by atoms with E-state index in [4.69, 9.17) is 35.3 Å². The fourth-order valence-electron chi connectivity index (χ4n) is 4.88. The highest BCUT2D eigenvalue weighted by molar-refractivity contribution is 9.11. The highest BCUT2D eigenvalue weighted by Crippen LogP contribution is 2.44. The van der Waals surface area contributed by atoms with Gasteiger partial charge in [-0.05, 0) is 64.5 Å². The Morgan fingerprint density at radius 2 is 1.54 bits per heavy atom. The molecule has 0 radical (unpaired) electrons. The summed E-state index contributed by atoms with van der Waals surface area (Å²) in [6.45, 7) is 1.25. The Kier molecular flexibility index (Phi) is 10.7. The van der Waals surface area contributed by atoms with Crippen LogP contribution in [0.1, 0.15) is 33.3 Å². The van der Waals surface area contributed by atoms with E-state index in [-0.39, 0.29) is 28.5 Å². The van der Waals surface area contributed by atoms with Crippen LogP contribution in [0, 0.1) is 0 Å². The number of hydrogen-bond acceptors (Lipinski definition) is 9. The third kappa shape index (κ3) is 7.18. The van der Waals surface area contributed by atoms with Crippen LogP contribution in [0.2, 0.25) is 5.02 Å². The SMILES string of the molecule is COc1cc(C(=O)Oc2c(Br)cc(Br)cc2C=NNC(=O)c2[nH]c3c(OC)ccc(OC)c3c2-c2ccccc2Cl)ccc1OC(C)=O. The van der Waals surface area contributed by atoms with Gasteiger partial charge in [0.25, 0.3) is 5.91 Å². The number of aromatic nitrogens is 1. The summed E-state index contributed by atoms with van der Waals surface area (Å²) in [5, 5.41) is 5.20. The number of nitrogens with one attached hydrogen (secondary N) is 2. The number of ether oxygens (including phenoxy) is 5. The third-order valence-corrected chi connectivity index (χ3v) is 8.32. The minimum Gasteiger partial charge on any atom is -0.496 e. The van der Waals surface area contributed by atoms with Gasteiger partial charge in [0, 0.05) is 33.1 Å². The van der Waals surface area contributed by atoms with E-state index in [9.17, 15) is 14.4 Å². The lowest BCUT2D eigenvalue weighted by atomic mass is 10.0. The number of methoxy groups -OCH3 is 3. The van der Waals surface area contributed by atoms with Crippen LogP contribution in [0.4, 0.5) is 0 Å². The number of halogens is 3. The Balaban J connectivity index is 1.48. The fourth-order valence-corrected chi connectivity index (χ4v) is 6.45. The number of hydrazone groups is 1. The molecule has 246 valence electrons. The number of esters is 2. The molecule has 0 saturated carbocycles. The third-order valence-electron chi connectivity index (χ3n) is 6.94. The molecule has 0 aliphatic rings. The van der Waals surface area contributed by atoms with Crippen LogP contribution in [0.25, 0.3) is 22.0 Å². The number of hydrogen-bond donors (Lipinski definition) is 2. The molecule has 1 amide bonds. The quantitative estimate of drug-likeness (QED) is 0.0629. The van der Waals surface area contributed by atoms with Crippen molar-refractivity contribution in [1.82, 2.24) is 10.4 Å². The molecule has 0 aliphatic carbocycles. The number of rotatable bonds is 10. The van der Waals surface area contributed by atoms with Gasteiger partial charge >= 0.3 is 11.9 Å². The van der Waals surface area contributed by atoms with Crippen LogP contribution in [0.3, 0.4) is 0 Å². The van der Waals surface area contributed by atoms with Crippen molar-refractivity contribution < 1.29 is 38.1 Å². The number of amides is 1. The lowest BCUT2D eigenvalue weighted by Gasteiger charge is -2.12. The summed E-state index contributed by atoms with van der Waals surface area (Å²) in [5.74, 6) is -0.413. The first-order chi connectivity index (χ1) is 23.1. The highest BCUT2D eigenvalue weighted by atomic mass is 79.9. The minimum absolute atomic E-state index is 0.126. The molecule has 0 unspecified atom stereocenters. The summed E-state index contributed by atoms with van der Waals surface area (Å²) < 4.78 is 28.4. The van der Waals surface area contributed by atoms with E-state index in [0.717, 1.165) is 0 Å². The molecule has 1 aromatic heterocycles. The molecule has 5 aromatic rings. The largest absolute Gasteiger partial charge is 0.496 e. The van der Waals surface area contributed by atoms with E-state index in [1.54, 1.807) is 42.5 Å². The van der Waals surface area contributed by atoms with Crippen LogP contribution in [0.5, 0.6) is 28.7 Å². The van der Waals surface area contributed by atoms with Crippen LogP contribution in [-0.4, -0.2) is 50.4 Å². The van der Waals surface area contributed by atoms with Gasteiger partial charge in [0.1, 0.15) is 17.2 Å². The second kappa shape index (κ2) is 14.9. The second-order valence-electron chi connectivity index (χ2n) is 9.93. The number of carbonyl (C=O) groups is 3. The Hall–Kier alpha value is -4.85. The fraction of sp³-hybridized carbons (Fsp3) is 0.118. The molecule has 0 aliphatic heterocycles. The Bertz CT molecular complexity index is 2100. The van der Waals surface area contributed by atoms with Gasteiger partial charge < -0.3 is 28.7 Å². The van der Waals surface area contributed by atoms with E-state index < -0.39 is 17.8 Å². The average Bonchev–Trinajstić information content (AvgIpc) is 3.46. The minimum atomic E-state index is -0.727. The van der Waals surface area contributed by atoms with Gasteiger partial charge in [-0.2, -0.15) is 5.10 Å². The van der Waals surface area contributed by atoms with Gasteiger partial charge in [-0.15, -0.1) is 0 Å². The van der Waals surface area contributed by atoms with E-state index in [2.05, 4.69) is 47.4 Å². The van der Waals surface area contributed by atoms with E-state index in [1.165, 1.54) is 52.7 Å². The number of nitrogens with zero attached hydrogens (tertiary/aromatic N) is 1. The molecule has 14 heteroatoms. The van der Waals surface area contributed by atoms with Crippen molar-refractivity contribution in [2.24, 2.45) is 5.10 Å². The summed E-state index contributed by atoms with van der Waals surface area (Å²) in [6, 6.07) is 18.2. The van der Waals surface area contributed by atoms with E-state index in [1.807, 2.05) is 6.07 Å². The number of aromatic amines is 1. The molecule has 0 bridgehead atoms. The molecule has 1 heterocycles. The van der Waals surface area contributed by atoms with E-state index in [0.29, 0.717) is 53.1 Å². The maximum atomic E-state index is 13.7. The first-order valence-electron chi connectivity index (χ1n) is 14.0. The maximum absolute atomic E-state index is 13.7. The summed E-state index contributed by atoms with van der Waals surface area (Å²) in [4.78, 5) is 41.5. The van der Waals surface area contributed by atoms with Gasteiger partial charge in [-0.1, -0.05) is 45.7 Å². The molecule has 0 atom stereocenters. The Morgan fingerprint density at radius 3 is 2.23 bits per heavy atom. The van der Waals surface area contributed by atoms with Crippen molar-refractivity contribution in [3.63, 3.8) is 0 Å². The summed E-state index contributed by atoms with van der Waals surface area (Å²) in [7, 11) is 4.44. The summed E-state index contributed by atoms with van der Waals surface area (Å²) in [6.07, 6.45) is 1.33. The molecular formula is C34H26Br2ClN3O8. The van der Waals surface area contributed by atoms with Gasteiger partial charge in [0.2, 0.25) is 0 Å². The summed E-state index contributed by atoms with van der Waals surface area (Å²) in [5.41, 5.74) is 4.80. The van der Waals surface area contributed by atoms with Gasteiger partial charge in [-0.25, -0.2) is 10.2 Å². The lowest BCUT2D eigenvalue weighted by Crippen LogP contribution is -2.19. The van der Waals surface area contributed by atoms with Crippen molar-refractivity contribution >= 4 is 78.4 Å². The summed E-state index contributed by atoms with van der Waals surface area (Å²) >= 11 is 13.5. The number of H-pyrrole nitrogens is 1. The van der Waals surface area contributed by atoms with Crippen molar-refractivity contribution in [2.45, 2.75) is 6.92 Å². The second-order valence-corrected chi connectivity index (χ2v) is 12.1. The number of fused-ring (bicyclic) bond motifs is 1. The molecular weight excluding hydrogens is 774 g/mol. The van der Waals surface area contributed by atoms with Gasteiger partial charge in [-0.3, -0.25) is 9.59 Å². The van der Waals surface area contributed by atoms with Gasteiger partial charge in [0.05, 0.1) is 48.5 Å². The van der Waals surface area contributed by atoms with Crippen LogP contribution >= 0.6 is 43.5 Å². The van der Waals surface area contributed by atoms with Crippen molar-refractivity contribution in [1.29, 1.82) is 0 Å². The smallest absolute Gasteiger partial charge is 0.343 e. The zero-order valence-corrected chi connectivity index (χ0v) is 29.7. The molecule has 5 rings (SSSR count). The number of benzene rings is 4. The topological polar surface area (TPSA) is 138 Å². The molecule has 2 N–H and O–H groups in total. The highest BCUT2D eigenvalue weighted by Gasteiger charge is 2.25. The number of carbonyl (C=O) groups excluding carboxylic acids is 3. The molecule has 0 fully saturated rings. The Morgan fingerprint density at radius 1 is 0.854 bits per heavy atom. The van der Waals surface area contributed by atoms with Crippen LogP contribution < -0.4 is 29.1 Å². The average molecular weight is 800 g/mol.